The van der Waals surface area contributed by atoms with Crippen molar-refractivity contribution < 1.29 is 43.8 Å². The maximum atomic E-state index is 10.6. The first-order valence-electron chi connectivity index (χ1n) is 6.37. The van der Waals surface area contributed by atoms with E-state index in [9.17, 15) is 9.59 Å². The molecule has 0 heterocycles. The average molecular weight is 286 g/mol. The second-order valence-corrected chi connectivity index (χ2v) is 3.55. The molecule has 0 aliphatic carbocycles. The third-order valence-corrected chi connectivity index (χ3v) is 1.70. The molecule has 116 valence electrons. The zero-order chi connectivity index (χ0) is 14.2. The van der Waals surface area contributed by atoms with Crippen LogP contribution in [0.1, 0.15) is 33.6 Å². The number of carbonyl (C=O) groups is 2. The summed E-state index contributed by atoms with van der Waals surface area (Å²) in [5.74, 6) is -0.964. The first kappa shape index (κ1) is 27.7. The number of nitrogens with one attached hydrogen (secondary N) is 2. The Hall–Kier alpha value is -0.583. The summed E-state index contributed by atoms with van der Waals surface area (Å²) >= 11 is 0. The zero-order valence-electron chi connectivity index (χ0n) is 13.1. The van der Waals surface area contributed by atoms with Gasteiger partial charge in [-0.2, -0.15) is 0 Å². The van der Waals surface area contributed by atoms with E-state index in [1.54, 1.807) is 6.92 Å². The van der Waals surface area contributed by atoms with E-state index in [4.69, 9.17) is 5.11 Å². The molecule has 0 aliphatic rings. The molecule has 20 heavy (non-hydrogen) atoms. The summed E-state index contributed by atoms with van der Waals surface area (Å²) in [5.41, 5.74) is 0. The molecule has 8 heteroatoms. The molecule has 0 unspecified atom stereocenters. The van der Waals surface area contributed by atoms with Crippen molar-refractivity contribution in [2.24, 2.45) is 0 Å². The fourth-order valence-corrected chi connectivity index (χ4v) is 0.951. The molecule has 7 nitrogen and oxygen atoms in total. The van der Waals surface area contributed by atoms with Crippen LogP contribution in [0, 0.1) is 0 Å². The SMILES string of the molecule is CCCNCC(=O)O.CCCNCC(=O)OCC.[Li+].[OH-]. The fourth-order valence-electron chi connectivity index (χ4n) is 0.951. The Bertz CT molecular complexity index is 218. The predicted octanol–water partition coefficient (Wildman–Crippen LogP) is -2.55. The van der Waals surface area contributed by atoms with Crippen molar-refractivity contribution in [3.8, 4) is 0 Å². The molecular formula is C12H27LiN2O5. The van der Waals surface area contributed by atoms with Crippen molar-refractivity contribution in [2.45, 2.75) is 33.6 Å². The van der Waals surface area contributed by atoms with Crippen molar-refractivity contribution in [2.75, 3.05) is 32.8 Å². The molecular weight excluding hydrogens is 259 g/mol. The van der Waals surface area contributed by atoms with Crippen LogP contribution in [-0.4, -0.2) is 55.3 Å². The molecule has 0 spiro atoms. The number of hydrogen-bond acceptors (Lipinski definition) is 6. The van der Waals surface area contributed by atoms with Crippen LogP contribution in [0.3, 0.4) is 0 Å². The standard InChI is InChI=1S/C7H15NO2.C5H11NO2.Li.H2O/c1-3-5-8-6-7(9)10-4-2;1-2-3-6-4-5(7)8;;/h8H,3-6H2,1-2H3;6H,2-4H2,1H3,(H,7,8);;1H2/q;;+1;/p-1. The number of carboxylic acid groups (broad SMARTS) is 1. The molecule has 0 saturated heterocycles. The monoisotopic (exact) mass is 286 g/mol. The van der Waals surface area contributed by atoms with E-state index in [2.05, 4.69) is 22.3 Å². The van der Waals surface area contributed by atoms with Gasteiger partial charge in [-0.25, -0.2) is 0 Å². The van der Waals surface area contributed by atoms with Crippen molar-refractivity contribution in [1.29, 1.82) is 0 Å². The predicted molar refractivity (Wildman–Crippen MR) is 72.5 cm³/mol. The van der Waals surface area contributed by atoms with Crippen LogP contribution >= 0.6 is 0 Å². The van der Waals surface area contributed by atoms with E-state index in [1.807, 2.05) is 6.92 Å². The van der Waals surface area contributed by atoms with Crippen molar-refractivity contribution in [1.82, 2.24) is 10.6 Å². The minimum Gasteiger partial charge on any atom is -0.870 e. The number of ether oxygens (including phenoxy) is 1. The quantitative estimate of drug-likeness (QED) is 0.242. The van der Waals surface area contributed by atoms with Gasteiger partial charge in [-0.15, -0.1) is 0 Å². The van der Waals surface area contributed by atoms with E-state index in [-0.39, 0.29) is 36.9 Å². The van der Waals surface area contributed by atoms with Crippen LogP contribution in [0.15, 0.2) is 0 Å². The molecule has 0 rings (SSSR count). The fraction of sp³-hybridized carbons (Fsp3) is 0.833. The molecule has 0 aromatic heterocycles. The second kappa shape index (κ2) is 23.5. The third kappa shape index (κ3) is 30.4. The Morgan fingerprint density at radius 3 is 1.80 bits per heavy atom. The van der Waals surface area contributed by atoms with Crippen LogP contribution in [0.25, 0.3) is 0 Å². The first-order chi connectivity index (χ1) is 8.58. The van der Waals surface area contributed by atoms with Gasteiger partial charge in [0.25, 0.3) is 0 Å². The van der Waals surface area contributed by atoms with Crippen LogP contribution in [-0.2, 0) is 14.3 Å². The van der Waals surface area contributed by atoms with Crippen LogP contribution in [0.4, 0.5) is 0 Å². The molecule has 0 radical (unpaired) electrons. The number of aliphatic carboxylic acids is 1. The summed E-state index contributed by atoms with van der Waals surface area (Å²) in [6.07, 6.45) is 2.02. The largest absolute Gasteiger partial charge is 1.00 e. The van der Waals surface area contributed by atoms with E-state index in [0.29, 0.717) is 13.2 Å². The number of hydrogen-bond donors (Lipinski definition) is 3. The molecule has 0 bridgehead atoms. The Balaban J connectivity index is -0.000000119. The summed E-state index contributed by atoms with van der Waals surface area (Å²) in [7, 11) is 0. The number of esters is 1. The minimum absolute atomic E-state index is 0. The van der Waals surface area contributed by atoms with Gasteiger partial charge in [-0.05, 0) is 32.9 Å². The number of rotatable bonds is 9. The molecule has 0 atom stereocenters. The number of carboxylic acids is 1. The van der Waals surface area contributed by atoms with Gasteiger partial charge in [0.1, 0.15) is 0 Å². The Kier molecular flexibility index (Phi) is 32.6. The van der Waals surface area contributed by atoms with Gasteiger partial charge in [0.05, 0.1) is 19.7 Å². The molecule has 0 saturated carbocycles. The third-order valence-electron chi connectivity index (χ3n) is 1.70. The Morgan fingerprint density at radius 2 is 1.45 bits per heavy atom. The van der Waals surface area contributed by atoms with Gasteiger partial charge in [0.15, 0.2) is 0 Å². The minimum atomic E-state index is -0.793. The van der Waals surface area contributed by atoms with Gasteiger partial charge < -0.3 is 26.0 Å². The summed E-state index contributed by atoms with van der Waals surface area (Å²) < 4.78 is 4.69. The van der Waals surface area contributed by atoms with E-state index < -0.39 is 5.97 Å². The van der Waals surface area contributed by atoms with Gasteiger partial charge in [0, 0.05) is 0 Å². The van der Waals surface area contributed by atoms with E-state index >= 15 is 0 Å². The molecule has 0 amide bonds. The normalized spacial score (nSPS) is 8.35. The molecule has 0 fully saturated rings. The topological polar surface area (TPSA) is 118 Å². The Morgan fingerprint density at radius 1 is 1.00 bits per heavy atom. The van der Waals surface area contributed by atoms with Gasteiger partial charge in [-0.3, -0.25) is 9.59 Å². The van der Waals surface area contributed by atoms with Crippen LogP contribution in [0.5, 0.6) is 0 Å². The van der Waals surface area contributed by atoms with Crippen molar-refractivity contribution in [3.05, 3.63) is 0 Å². The summed E-state index contributed by atoms with van der Waals surface area (Å²) in [4.78, 5) is 20.4. The maximum Gasteiger partial charge on any atom is 1.00 e. The average Bonchev–Trinajstić information content (AvgIpc) is 2.30. The van der Waals surface area contributed by atoms with Gasteiger partial charge >= 0.3 is 30.8 Å². The van der Waals surface area contributed by atoms with E-state index in [1.165, 1.54) is 0 Å². The summed E-state index contributed by atoms with van der Waals surface area (Å²) in [5, 5.41) is 13.8. The molecule has 4 N–H and O–H groups in total. The maximum absolute atomic E-state index is 10.6. The van der Waals surface area contributed by atoms with Crippen LogP contribution in [0.2, 0.25) is 0 Å². The molecule has 0 aromatic rings. The molecule has 0 aromatic carbocycles. The summed E-state index contributed by atoms with van der Waals surface area (Å²) in [6.45, 7) is 8.39. The van der Waals surface area contributed by atoms with Gasteiger partial charge in [0.2, 0.25) is 0 Å². The molecule has 0 aliphatic heterocycles. The van der Waals surface area contributed by atoms with Gasteiger partial charge in [-0.1, -0.05) is 13.8 Å². The van der Waals surface area contributed by atoms with Crippen molar-refractivity contribution >= 4 is 11.9 Å². The second-order valence-electron chi connectivity index (χ2n) is 3.55. The smallest absolute Gasteiger partial charge is 0.870 e. The Labute approximate surface area is 133 Å². The van der Waals surface area contributed by atoms with E-state index in [0.717, 1.165) is 25.9 Å². The van der Waals surface area contributed by atoms with Crippen LogP contribution < -0.4 is 29.5 Å². The number of carbonyl (C=O) groups excluding carboxylic acids is 1. The zero-order valence-corrected chi connectivity index (χ0v) is 13.1. The first-order valence-corrected chi connectivity index (χ1v) is 6.37. The van der Waals surface area contributed by atoms with Crippen molar-refractivity contribution in [3.63, 3.8) is 0 Å². The summed E-state index contributed by atoms with van der Waals surface area (Å²) in [6, 6.07) is 0.